The zero-order valence-corrected chi connectivity index (χ0v) is 24.9. The van der Waals surface area contributed by atoms with Crippen molar-refractivity contribution in [2.45, 2.75) is 153 Å². The van der Waals surface area contributed by atoms with E-state index in [2.05, 4.69) is 46.4 Å². The van der Waals surface area contributed by atoms with Gasteiger partial charge in [-0.15, -0.1) is 0 Å². The van der Waals surface area contributed by atoms with Gasteiger partial charge >= 0.3 is 0 Å². The van der Waals surface area contributed by atoms with Crippen molar-refractivity contribution in [3.63, 3.8) is 0 Å². The van der Waals surface area contributed by atoms with E-state index in [0.29, 0.717) is 0 Å². The lowest BCUT2D eigenvalue weighted by atomic mass is 9.87. The number of benzene rings is 1. The van der Waals surface area contributed by atoms with Gasteiger partial charge in [-0.25, -0.2) is 0 Å². The molecule has 4 rings (SSSR count). The summed E-state index contributed by atoms with van der Waals surface area (Å²) in [6.07, 6.45) is 24.5. The fourth-order valence-corrected chi connectivity index (χ4v) is 13.7. The molecular weight excluding hydrogens is 447 g/mol. The summed E-state index contributed by atoms with van der Waals surface area (Å²) in [6.45, 7) is 11.8. The Kier molecular flexibility index (Phi) is 10.3. The van der Waals surface area contributed by atoms with Gasteiger partial charge in [-0.05, 0) is 130 Å². The predicted octanol–water partition coefficient (Wildman–Crippen LogP) is 10.6. The fourth-order valence-electron chi connectivity index (χ4n) is 7.46. The Balaban J connectivity index is 1.55. The molecule has 3 aliphatic rings. The van der Waals surface area contributed by atoms with Crippen molar-refractivity contribution in [2.75, 3.05) is 6.16 Å². The highest BCUT2D eigenvalue weighted by Crippen LogP contribution is 2.58. The van der Waals surface area contributed by atoms with Gasteiger partial charge < -0.3 is 0 Å². The molecule has 0 spiro atoms. The molecule has 1 aromatic rings. The molecule has 0 bridgehead atoms. The van der Waals surface area contributed by atoms with Crippen LogP contribution in [0.4, 0.5) is 0 Å². The smallest absolute Gasteiger partial charge is 0.0193 e. The van der Waals surface area contributed by atoms with Crippen LogP contribution in [0.25, 0.3) is 0 Å². The Hall–Kier alpha value is -0.0000000000000000555. The first kappa shape index (κ1) is 27.0. The van der Waals surface area contributed by atoms with E-state index < -0.39 is 0 Å². The van der Waals surface area contributed by atoms with Crippen LogP contribution in [0.2, 0.25) is 0 Å². The lowest BCUT2D eigenvalue weighted by Gasteiger charge is -2.42. The van der Waals surface area contributed by atoms with Crippen LogP contribution < -0.4 is 0 Å². The molecule has 1 aromatic carbocycles. The maximum atomic E-state index is 2.41. The third-order valence-corrected chi connectivity index (χ3v) is 15.7. The molecule has 2 heteroatoms. The van der Waals surface area contributed by atoms with E-state index in [9.17, 15) is 0 Å². The molecule has 0 amide bonds. The first-order valence-electron chi connectivity index (χ1n) is 14.9. The summed E-state index contributed by atoms with van der Waals surface area (Å²) in [7, 11) is 0.205. The van der Waals surface area contributed by atoms with Crippen LogP contribution in [0.1, 0.15) is 130 Å². The summed E-state index contributed by atoms with van der Waals surface area (Å²) in [4.78, 5) is 0. The molecular formula is C32H53PS. The Labute approximate surface area is 218 Å². The lowest BCUT2D eigenvalue weighted by Crippen LogP contribution is -2.29. The molecule has 0 N–H and O–H groups in total. The van der Waals surface area contributed by atoms with Gasteiger partial charge in [0.2, 0.25) is 0 Å². The molecule has 192 valence electrons. The fraction of sp³-hybridized carbons (Fsp3) is 0.812. The van der Waals surface area contributed by atoms with Crippen LogP contribution in [0, 0.1) is 40.5 Å². The van der Waals surface area contributed by atoms with Crippen molar-refractivity contribution >= 4 is 19.7 Å². The van der Waals surface area contributed by atoms with Gasteiger partial charge in [0.05, 0.1) is 0 Å². The largest absolute Gasteiger partial charge is 0.153 e. The van der Waals surface area contributed by atoms with Gasteiger partial charge in [-0.1, -0.05) is 65.7 Å². The van der Waals surface area contributed by atoms with Crippen LogP contribution in [0.5, 0.6) is 0 Å². The summed E-state index contributed by atoms with van der Waals surface area (Å²) in [5, 5.41) is 0.913. The van der Waals surface area contributed by atoms with Crippen molar-refractivity contribution in [1.29, 1.82) is 0 Å². The van der Waals surface area contributed by atoms with Crippen LogP contribution in [0.3, 0.4) is 0 Å². The van der Waals surface area contributed by atoms with Gasteiger partial charge in [-0.2, -0.15) is 11.8 Å². The van der Waals surface area contributed by atoms with Crippen molar-refractivity contribution < 1.29 is 0 Å². The van der Waals surface area contributed by atoms with Gasteiger partial charge in [0.15, 0.2) is 0 Å². The van der Waals surface area contributed by atoms with E-state index >= 15 is 0 Å². The monoisotopic (exact) mass is 500 g/mol. The van der Waals surface area contributed by atoms with Gasteiger partial charge in [0, 0.05) is 11.0 Å². The number of hydrogen-bond acceptors (Lipinski definition) is 1. The molecule has 3 fully saturated rings. The third kappa shape index (κ3) is 6.46. The first-order valence-corrected chi connectivity index (χ1v) is 17.6. The average Bonchev–Trinajstić information content (AvgIpc) is 2.89. The highest BCUT2D eigenvalue weighted by atomic mass is 32.2. The summed E-state index contributed by atoms with van der Waals surface area (Å²) in [5.74, 6) is 2.24. The molecule has 0 radical (unpaired) electrons. The molecule has 3 aliphatic carbocycles. The number of rotatable bonds is 8. The molecule has 0 heterocycles. The summed E-state index contributed by atoms with van der Waals surface area (Å²) >= 11 is 2.41. The highest BCUT2D eigenvalue weighted by molar-refractivity contribution is 7.99. The normalized spacial score (nSPS) is 22.4. The SMILES string of the molecule is Cc1c(C)c(C)c(CSC(CP(C2CCCCC2)C2CCCCC2)C2CCCCC2)c(C)c1C. The Bertz CT molecular complexity index is 734. The zero-order valence-electron chi connectivity index (χ0n) is 23.2. The topological polar surface area (TPSA) is 0 Å². The molecule has 1 atom stereocenters. The van der Waals surface area contributed by atoms with Crippen molar-refractivity contribution in [3.8, 4) is 0 Å². The van der Waals surface area contributed by atoms with Crippen LogP contribution in [0.15, 0.2) is 0 Å². The molecule has 0 aliphatic heterocycles. The van der Waals surface area contributed by atoms with E-state index in [1.807, 2.05) is 0 Å². The second-order valence-electron chi connectivity index (χ2n) is 12.1. The summed E-state index contributed by atoms with van der Waals surface area (Å²) in [6, 6.07) is 0. The van der Waals surface area contributed by atoms with Crippen molar-refractivity contribution in [3.05, 3.63) is 33.4 Å². The Morgan fingerprint density at radius 2 is 1.00 bits per heavy atom. The molecule has 1 unspecified atom stereocenters. The highest BCUT2D eigenvalue weighted by Gasteiger charge is 2.35. The second-order valence-corrected chi connectivity index (χ2v) is 16.2. The minimum absolute atomic E-state index is 0.205. The van der Waals surface area contributed by atoms with Gasteiger partial charge in [0.1, 0.15) is 0 Å². The average molecular weight is 501 g/mol. The maximum Gasteiger partial charge on any atom is 0.0193 e. The minimum Gasteiger partial charge on any atom is -0.153 e. The molecule has 3 saturated carbocycles. The third-order valence-electron chi connectivity index (χ3n) is 10.3. The van der Waals surface area contributed by atoms with Crippen molar-refractivity contribution in [1.82, 2.24) is 0 Å². The Morgan fingerprint density at radius 1 is 0.588 bits per heavy atom. The van der Waals surface area contributed by atoms with Crippen LogP contribution in [-0.4, -0.2) is 22.7 Å². The molecule has 0 aromatic heterocycles. The summed E-state index contributed by atoms with van der Waals surface area (Å²) < 4.78 is 0. The minimum atomic E-state index is 0.205. The van der Waals surface area contributed by atoms with Gasteiger partial charge in [0.25, 0.3) is 0 Å². The Morgan fingerprint density at radius 3 is 1.47 bits per heavy atom. The molecule has 34 heavy (non-hydrogen) atoms. The zero-order chi connectivity index (χ0) is 24.1. The van der Waals surface area contributed by atoms with E-state index in [1.54, 1.807) is 59.7 Å². The van der Waals surface area contributed by atoms with E-state index in [0.717, 1.165) is 22.5 Å². The van der Waals surface area contributed by atoms with E-state index in [1.165, 1.54) is 81.9 Å². The first-order chi connectivity index (χ1) is 16.5. The van der Waals surface area contributed by atoms with E-state index in [-0.39, 0.29) is 7.92 Å². The predicted molar refractivity (Wildman–Crippen MR) is 157 cm³/mol. The molecule has 0 saturated heterocycles. The van der Waals surface area contributed by atoms with Crippen LogP contribution in [-0.2, 0) is 5.75 Å². The quantitative estimate of drug-likeness (QED) is 0.320. The van der Waals surface area contributed by atoms with Crippen LogP contribution >= 0.6 is 19.7 Å². The number of hydrogen-bond donors (Lipinski definition) is 0. The standard InChI is InChI=1S/C32H53PS/c1-23-24(2)26(4)31(27(5)25(23)3)22-34-32(28-15-9-6-10-16-28)21-33(29-17-11-7-12-18-29)30-19-13-8-14-20-30/h28-30,32H,6-22H2,1-5H3. The van der Waals surface area contributed by atoms with E-state index in [4.69, 9.17) is 0 Å². The van der Waals surface area contributed by atoms with Gasteiger partial charge in [-0.3, -0.25) is 0 Å². The maximum absolute atomic E-state index is 2.41. The second kappa shape index (κ2) is 13.0. The molecule has 0 nitrogen and oxygen atoms in total. The van der Waals surface area contributed by atoms with Crippen molar-refractivity contribution in [2.24, 2.45) is 5.92 Å². The lowest BCUT2D eigenvalue weighted by molar-refractivity contribution is 0.357. The number of thioether (sulfide) groups is 1. The summed E-state index contributed by atoms with van der Waals surface area (Å²) in [5.41, 5.74) is 11.6.